The monoisotopic (exact) mass is 210 g/mol. The average molecular weight is 210 g/mol. The highest BCUT2D eigenvalue weighted by Gasteiger charge is 2.37. The fourth-order valence-electron chi connectivity index (χ4n) is 2.74. The van der Waals surface area contributed by atoms with Crippen molar-refractivity contribution in [3.8, 4) is 0 Å². The first kappa shape index (κ1) is 10.9. The fourth-order valence-corrected chi connectivity index (χ4v) is 2.74. The van der Waals surface area contributed by atoms with Crippen molar-refractivity contribution in [2.75, 3.05) is 26.2 Å². The van der Waals surface area contributed by atoms with E-state index >= 15 is 0 Å². The van der Waals surface area contributed by atoms with Gasteiger partial charge in [0, 0.05) is 32.6 Å². The molecular weight excluding hydrogens is 188 g/mol. The zero-order valence-electron chi connectivity index (χ0n) is 9.67. The lowest BCUT2D eigenvalue weighted by atomic mass is 10.0. The van der Waals surface area contributed by atoms with Crippen molar-refractivity contribution in [3.63, 3.8) is 0 Å². The van der Waals surface area contributed by atoms with E-state index in [2.05, 4.69) is 17.1 Å². The second-order valence-electron chi connectivity index (χ2n) is 4.93. The minimum atomic E-state index is 0.387. The number of hydrogen-bond acceptors (Lipinski definition) is 2. The third-order valence-corrected chi connectivity index (χ3v) is 3.74. The molecule has 2 unspecified atom stereocenters. The number of fused-ring (bicyclic) bond motifs is 1. The molecule has 0 bridgehead atoms. The molecule has 3 nitrogen and oxygen atoms in total. The summed E-state index contributed by atoms with van der Waals surface area (Å²) in [5.41, 5.74) is 0. The predicted octanol–water partition coefficient (Wildman–Crippen LogP) is 1.24. The number of carbonyl (C=O) groups is 1. The summed E-state index contributed by atoms with van der Waals surface area (Å²) in [4.78, 5) is 13.9. The second-order valence-corrected chi connectivity index (χ2v) is 4.93. The summed E-state index contributed by atoms with van der Waals surface area (Å²) in [6.07, 6.45) is 4.22. The maximum Gasteiger partial charge on any atom is 0.222 e. The summed E-state index contributed by atoms with van der Waals surface area (Å²) in [6.45, 7) is 6.41. The van der Waals surface area contributed by atoms with Crippen molar-refractivity contribution < 1.29 is 4.79 Å². The third kappa shape index (κ3) is 2.51. The maximum atomic E-state index is 11.9. The van der Waals surface area contributed by atoms with E-state index in [0.29, 0.717) is 5.91 Å². The molecule has 2 heterocycles. The minimum Gasteiger partial charge on any atom is -0.342 e. The third-order valence-electron chi connectivity index (χ3n) is 3.74. The smallest absolute Gasteiger partial charge is 0.222 e. The van der Waals surface area contributed by atoms with Crippen LogP contribution in [0.25, 0.3) is 0 Å². The normalized spacial score (nSPS) is 29.5. The molecule has 0 spiro atoms. The molecule has 86 valence electrons. The Kier molecular flexibility index (Phi) is 3.62. The van der Waals surface area contributed by atoms with Crippen LogP contribution < -0.4 is 5.32 Å². The lowest BCUT2D eigenvalue weighted by Crippen LogP contribution is -2.31. The van der Waals surface area contributed by atoms with E-state index in [4.69, 9.17) is 0 Å². The van der Waals surface area contributed by atoms with Crippen molar-refractivity contribution in [1.82, 2.24) is 10.2 Å². The summed E-state index contributed by atoms with van der Waals surface area (Å²) in [6, 6.07) is 0. The van der Waals surface area contributed by atoms with Crippen molar-refractivity contribution in [2.45, 2.75) is 32.6 Å². The van der Waals surface area contributed by atoms with Gasteiger partial charge in [0.15, 0.2) is 0 Å². The quantitative estimate of drug-likeness (QED) is 0.708. The molecule has 2 fully saturated rings. The molecule has 1 N–H and O–H groups in total. The first-order valence-electron chi connectivity index (χ1n) is 6.29. The highest BCUT2D eigenvalue weighted by Crippen LogP contribution is 2.26. The zero-order valence-corrected chi connectivity index (χ0v) is 9.67. The Morgan fingerprint density at radius 1 is 1.27 bits per heavy atom. The van der Waals surface area contributed by atoms with Gasteiger partial charge in [-0.3, -0.25) is 4.79 Å². The van der Waals surface area contributed by atoms with Gasteiger partial charge in [-0.1, -0.05) is 19.8 Å². The number of likely N-dealkylation sites (tertiary alicyclic amines) is 1. The molecule has 2 atom stereocenters. The summed E-state index contributed by atoms with van der Waals surface area (Å²) < 4.78 is 0. The van der Waals surface area contributed by atoms with Gasteiger partial charge in [-0.05, 0) is 18.3 Å². The van der Waals surface area contributed by atoms with Gasteiger partial charge in [-0.25, -0.2) is 0 Å². The Balaban J connectivity index is 1.73. The Bertz CT molecular complexity index is 218. The van der Waals surface area contributed by atoms with Gasteiger partial charge in [0.2, 0.25) is 5.91 Å². The molecular formula is C12H22N2O. The van der Waals surface area contributed by atoms with Gasteiger partial charge in [0.25, 0.3) is 0 Å². The number of hydrogen-bond donors (Lipinski definition) is 1. The molecule has 0 radical (unpaired) electrons. The van der Waals surface area contributed by atoms with Gasteiger partial charge in [-0.2, -0.15) is 0 Å². The van der Waals surface area contributed by atoms with Crippen LogP contribution in [0.4, 0.5) is 0 Å². The zero-order chi connectivity index (χ0) is 10.7. The van der Waals surface area contributed by atoms with E-state index < -0.39 is 0 Å². The number of amides is 1. The lowest BCUT2D eigenvalue weighted by molar-refractivity contribution is -0.130. The van der Waals surface area contributed by atoms with Crippen molar-refractivity contribution in [1.29, 1.82) is 0 Å². The number of nitrogens with zero attached hydrogens (tertiary/aromatic N) is 1. The standard InChI is InChI=1S/C12H22N2O/c1-2-3-4-5-12(15)14-8-10-6-13-7-11(10)9-14/h10-11,13H,2-9H2,1H3. The number of carbonyl (C=O) groups excluding carboxylic acids is 1. The van der Waals surface area contributed by atoms with Crippen molar-refractivity contribution >= 4 is 5.91 Å². The van der Waals surface area contributed by atoms with Gasteiger partial charge < -0.3 is 10.2 Å². The van der Waals surface area contributed by atoms with Crippen molar-refractivity contribution in [3.05, 3.63) is 0 Å². The average Bonchev–Trinajstić information content (AvgIpc) is 2.76. The highest BCUT2D eigenvalue weighted by atomic mass is 16.2. The van der Waals surface area contributed by atoms with Crippen LogP contribution in [0, 0.1) is 11.8 Å². The maximum absolute atomic E-state index is 11.9. The topological polar surface area (TPSA) is 32.3 Å². The summed E-state index contributed by atoms with van der Waals surface area (Å²) in [5.74, 6) is 1.86. The largest absolute Gasteiger partial charge is 0.342 e. The highest BCUT2D eigenvalue weighted by molar-refractivity contribution is 5.76. The van der Waals surface area contributed by atoms with Gasteiger partial charge in [0.05, 0.1) is 0 Å². The summed E-state index contributed by atoms with van der Waals surface area (Å²) in [7, 11) is 0. The summed E-state index contributed by atoms with van der Waals surface area (Å²) >= 11 is 0. The Labute approximate surface area is 92.2 Å². The Morgan fingerprint density at radius 2 is 1.93 bits per heavy atom. The van der Waals surface area contributed by atoms with Crippen LogP contribution in [0.15, 0.2) is 0 Å². The Hall–Kier alpha value is -0.570. The minimum absolute atomic E-state index is 0.387. The fraction of sp³-hybridized carbons (Fsp3) is 0.917. The first-order valence-corrected chi connectivity index (χ1v) is 6.29. The second kappa shape index (κ2) is 4.97. The van der Waals surface area contributed by atoms with Crippen molar-refractivity contribution in [2.24, 2.45) is 11.8 Å². The van der Waals surface area contributed by atoms with E-state index in [0.717, 1.165) is 50.9 Å². The first-order chi connectivity index (χ1) is 7.31. The van der Waals surface area contributed by atoms with Crippen LogP contribution in [-0.2, 0) is 4.79 Å². The SMILES string of the molecule is CCCCCC(=O)N1CC2CNCC2C1. The van der Waals surface area contributed by atoms with Gasteiger partial charge in [0.1, 0.15) is 0 Å². The van der Waals surface area contributed by atoms with Crippen LogP contribution in [-0.4, -0.2) is 37.0 Å². The predicted molar refractivity (Wildman–Crippen MR) is 60.6 cm³/mol. The number of unbranched alkanes of at least 4 members (excludes halogenated alkanes) is 2. The lowest BCUT2D eigenvalue weighted by Gasteiger charge is -2.17. The van der Waals surface area contributed by atoms with Crippen LogP contribution in [0.2, 0.25) is 0 Å². The molecule has 0 aromatic rings. The number of nitrogens with one attached hydrogen (secondary N) is 1. The van der Waals surface area contributed by atoms with E-state index in [-0.39, 0.29) is 0 Å². The molecule has 2 saturated heterocycles. The van der Waals surface area contributed by atoms with Gasteiger partial charge >= 0.3 is 0 Å². The number of rotatable bonds is 4. The van der Waals surface area contributed by atoms with E-state index in [1.54, 1.807) is 0 Å². The van der Waals surface area contributed by atoms with Crippen LogP contribution in [0.5, 0.6) is 0 Å². The van der Waals surface area contributed by atoms with E-state index in [1.807, 2.05) is 0 Å². The molecule has 2 rings (SSSR count). The molecule has 3 heteroatoms. The molecule has 2 aliphatic rings. The molecule has 0 aliphatic carbocycles. The molecule has 0 aromatic heterocycles. The molecule has 2 aliphatic heterocycles. The summed E-state index contributed by atoms with van der Waals surface area (Å²) in [5, 5.41) is 3.40. The Morgan fingerprint density at radius 3 is 2.53 bits per heavy atom. The van der Waals surface area contributed by atoms with Gasteiger partial charge in [-0.15, -0.1) is 0 Å². The molecule has 0 saturated carbocycles. The molecule has 15 heavy (non-hydrogen) atoms. The molecule has 0 aromatic carbocycles. The van der Waals surface area contributed by atoms with E-state index in [9.17, 15) is 4.79 Å². The van der Waals surface area contributed by atoms with Crippen LogP contribution in [0.3, 0.4) is 0 Å². The van der Waals surface area contributed by atoms with Crippen LogP contribution in [0.1, 0.15) is 32.6 Å². The van der Waals surface area contributed by atoms with Crippen LogP contribution >= 0.6 is 0 Å². The van der Waals surface area contributed by atoms with E-state index in [1.165, 1.54) is 12.8 Å². The molecule has 1 amide bonds.